The number of urea groups is 1. The van der Waals surface area contributed by atoms with Gasteiger partial charge in [0, 0.05) is 22.3 Å². The van der Waals surface area contributed by atoms with Gasteiger partial charge in [-0.2, -0.15) is 0 Å². The molecule has 0 aliphatic carbocycles. The van der Waals surface area contributed by atoms with Gasteiger partial charge in [-0.1, -0.05) is 35.3 Å². The topological polar surface area (TPSA) is 78.4 Å². The van der Waals surface area contributed by atoms with Gasteiger partial charge in [0.15, 0.2) is 0 Å². The number of rotatable bonds is 4. The fourth-order valence-electron chi connectivity index (χ4n) is 1.75. The fourth-order valence-corrected chi connectivity index (χ4v) is 2.22. The molecule has 0 heterocycles. The Morgan fingerprint density at radius 1 is 1.09 bits per heavy atom. The van der Waals surface area contributed by atoms with E-state index in [0.717, 1.165) is 5.56 Å². The molecule has 2 aromatic rings. The molecule has 7 heteroatoms. The molecule has 3 N–H and O–H groups in total. The molecule has 0 spiro atoms. The van der Waals surface area contributed by atoms with Gasteiger partial charge in [-0.05, 0) is 35.9 Å². The molecular weight excluding hydrogens is 327 g/mol. The van der Waals surface area contributed by atoms with Crippen molar-refractivity contribution in [3.8, 4) is 0 Å². The van der Waals surface area contributed by atoms with Crippen LogP contribution < -0.4 is 10.6 Å². The maximum atomic E-state index is 11.8. The maximum Gasteiger partial charge on any atom is 0.335 e. The van der Waals surface area contributed by atoms with E-state index in [2.05, 4.69) is 10.6 Å². The van der Waals surface area contributed by atoms with Crippen molar-refractivity contribution in [1.29, 1.82) is 0 Å². The van der Waals surface area contributed by atoms with Crippen molar-refractivity contribution in [2.24, 2.45) is 0 Å². The van der Waals surface area contributed by atoms with Crippen molar-refractivity contribution in [2.75, 3.05) is 5.32 Å². The quantitative estimate of drug-likeness (QED) is 0.787. The molecule has 0 aromatic heterocycles. The van der Waals surface area contributed by atoms with Crippen LogP contribution in [0.3, 0.4) is 0 Å². The number of nitrogens with one attached hydrogen (secondary N) is 2. The van der Waals surface area contributed by atoms with E-state index in [1.165, 1.54) is 12.1 Å². The molecule has 2 aromatic carbocycles. The summed E-state index contributed by atoms with van der Waals surface area (Å²) >= 11 is 11.8. The monoisotopic (exact) mass is 338 g/mol. The summed E-state index contributed by atoms with van der Waals surface area (Å²) in [7, 11) is 0. The van der Waals surface area contributed by atoms with Crippen molar-refractivity contribution in [1.82, 2.24) is 5.32 Å². The van der Waals surface area contributed by atoms with E-state index in [-0.39, 0.29) is 12.1 Å². The van der Waals surface area contributed by atoms with Crippen LogP contribution in [0.2, 0.25) is 10.0 Å². The van der Waals surface area contributed by atoms with Gasteiger partial charge in [-0.25, -0.2) is 9.59 Å². The Kier molecular flexibility index (Phi) is 5.25. The number of hydrogen-bond donors (Lipinski definition) is 3. The Labute approximate surface area is 136 Å². The minimum atomic E-state index is -1.06. The van der Waals surface area contributed by atoms with Crippen molar-refractivity contribution in [2.45, 2.75) is 6.54 Å². The highest BCUT2D eigenvalue weighted by Crippen LogP contribution is 2.20. The van der Waals surface area contributed by atoms with Crippen LogP contribution in [-0.2, 0) is 6.54 Å². The minimum absolute atomic E-state index is 0.0959. The van der Waals surface area contributed by atoms with E-state index in [4.69, 9.17) is 28.3 Å². The third-order valence-corrected chi connectivity index (χ3v) is 3.41. The minimum Gasteiger partial charge on any atom is -0.478 e. The van der Waals surface area contributed by atoms with Crippen LogP contribution in [0.5, 0.6) is 0 Å². The van der Waals surface area contributed by atoms with Crippen molar-refractivity contribution < 1.29 is 14.7 Å². The zero-order valence-corrected chi connectivity index (χ0v) is 12.8. The Hall–Kier alpha value is -2.24. The number of carboxylic acids is 1. The third kappa shape index (κ3) is 4.38. The number of halogens is 2. The predicted molar refractivity (Wildman–Crippen MR) is 85.7 cm³/mol. The average Bonchev–Trinajstić information content (AvgIpc) is 2.46. The number of carbonyl (C=O) groups is 2. The number of hydrogen-bond acceptors (Lipinski definition) is 2. The first-order chi connectivity index (χ1) is 10.5. The molecule has 2 amide bonds. The van der Waals surface area contributed by atoms with Crippen LogP contribution in [0.1, 0.15) is 15.9 Å². The first kappa shape index (κ1) is 16.1. The lowest BCUT2D eigenvalue weighted by atomic mass is 10.2. The van der Waals surface area contributed by atoms with Gasteiger partial charge in [0.2, 0.25) is 0 Å². The summed E-state index contributed by atoms with van der Waals surface area (Å²) in [6.45, 7) is 0.223. The lowest BCUT2D eigenvalue weighted by molar-refractivity contribution is 0.0697. The van der Waals surface area contributed by atoms with E-state index in [9.17, 15) is 9.59 Å². The van der Waals surface area contributed by atoms with Crippen molar-refractivity contribution in [3.63, 3.8) is 0 Å². The first-order valence-corrected chi connectivity index (χ1v) is 7.03. The molecule has 0 aliphatic rings. The Bertz CT molecular complexity index is 720. The highest BCUT2D eigenvalue weighted by atomic mass is 35.5. The Balaban J connectivity index is 1.95. The van der Waals surface area contributed by atoms with E-state index >= 15 is 0 Å². The van der Waals surface area contributed by atoms with Crippen LogP contribution >= 0.6 is 23.2 Å². The van der Waals surface area contributed by atoms with E-state index in [0.29, 0.717) is 15.7 Å². The summed E-state index contributed by atoms with van der Waals surface area (Å²) in [6, 6.07) is 10.5. The predicted octanol–water partition coefficient (Wildman–Crippen LogP) is 4.01. The lowest BCUT2D eigenvalue weighted by Crippen LogP contribution is -2.28. The van der Waals surface area contributed by atoms with Gasteiger partial charge in [-0.15, -0.1) is 0 Å². The summed E-state index contributed by atoms with van der Waals surface area (Å²) in [6.07, 6.45) is 0. The molecule has 0 fully saturated rings. The summed E-state index contributed by atoms with van der Waals surface area (Å²) in [5, 5.41) is 15.1. The Morgan fingerprint density at radius 2 is 1.86 bits per heavy atom. The second-order valence-corrected chi connectivity index (χ2v) is 5.27. The smallest absolute Gasteiger partial charge is 0.335 e. The van der Waals surface area contributed by atoms with E-state index in [1.54, 1.807) is 30.3 Å². The van der Waals surface area contributed by atoms with E-state index in [1.807, 2.05) is 0 Å². The summed E-state index contributed by atoms with van der Waals surface area (Å²) < 4.78 is 0. The molecule has 114 valence electrons. The Morgan fingerprint density at radius 3 is 2.55 bits per heavy atom. The number of carbonyl (C=O) groups excluding carboxylic acids is 1. The van der Waals surface area contributed by atoms with Gasteiger partial charge in [0.1, 0.15) is 0 Å². The molecule has 0 radical (unpaired) electrons. The van der Waals surface area contributed by atoms with Crippen LogP contribution in [0.4, 0.5) is 10.5 Å². The van der Waals surface area contributed by atoms with Gasteiger partial charge in [0.25, 0.3) is 0 Å². The molecule has 5 nitrogen and oxygen atoms in total. The summed E-state index contributed by atoms with van der Waals surface area (Å²) in [5.74, 6) is -1.06. The van der Waals surface area contributed by atoms with Gasteiger partial charge in [-0.3, -0.25) is 0 Å². The number of benzene rings is 2. The number of carboxylic acid groups (broad SMARTS) is 1. The SMILES string of the molecule is O=C(NCc1ccc(Cl)cc1Cl)Nc1cccc(C(=O)O)c1. The molecular formula is C15H12Cl2N2O3. The number of anilines is 1. The van der Waals surface area contributed by atoms with Crippen molar-refractivity contribution >= 4 is 40.9 Å². The largest absolute Gasteiger partial charge is 0.478 e. The maximum absolute atomic E-state index is 11.8. The number of amides is 2. The highest BCUT2D eigenvalue weighted by Gasteiger charge is 2.07. The first-order valence-electron chi connectivity index (χ1n) is 6.28. The average molecular weight is 339 g/mol. The molecule has 0 saturated heterocycles. The summed E-state index contributed by atoms with van der Waals surface area (Å²) in [4.78, 5) is 22.7. The van der Waals surface area contributed by atoms with Crippen LogP contribution in [0.25, 0.3) is 0 Å². The molecule has 0 atom stereocenters. The van der Waals surface area contributed by atoms with Gasteiger partial charge in [0.05, 0.1) is 5.56 Å². The zero-order valence-electron chi connectivity index (χ0n) is 11.3. The third-order valence-electron chi connectivity index (χ3n) is 2.82. The molecule has 0 aliphatic heterocycles. The lowest BCUT2D eigenvalue weighted by Gasteiger charge is -2.09. The van der Waals surface area contributed by atoms with E-state index < -0.39 is 12.0 Å². The molecule has 22 heavy (non-hydrogen) atoms. The molecule has 0 unspecified atom stereocenters. The second kappa shape index (κ2) is 7.15. The fraction of sp³-hybridized carbons (Fsp3) is 0.0667. The number of aromatic carboxylic acids is 1. The van der Waals surface area contributed by atoms with Crippen LogP contribution in [0, 0.1) is 0 Å². The van der Waals surface area contributed by atoms with Gasteiger partial charge < -0.3 is 15.7 Å². The highest BCUT2D eigenvalue weighted by molar-refractivity contribution is 6.35. The molecule has 0 bridgehead atoms. The van der Waals surface area contributed by atoms with Gasteiger partial charge >= 0.3 is 12.0 Å². The van der Waals surface area contributed by atoms with Crippen LogP contribution in [-0.4, -0.2) is 17.1 Å². The van der Waals surface area contributed by atoms with Crippen LogP contribution in [0.15, 0.2) is 42.5 Å². The standard InChI is InChI=1S/C15H12Cl2N2O3/c16-11-5-4-10(13(17)7-11)8-18-15(22)19-12-3-1-2-9(6-12)14(20)21/h1-7H,8H2,(H,20,21)(H2,18,19,22). The molecule has 0 saturated carbocycles. The molecule has 2 rings (SSSR count). The van der Waals surface area contributed by atoms with Crippen molar-refractivity contribution in [3.05, 3.63) is 63.6 Å². The normalized spacial score (nSPS) is 10.1. The summed E-state index contributed by atoms with van der Waals surface area (Å²) in [5.41, 5.74) is 1.21. The second-order valence-electron chi connectivity index (χ2n) is 4.43. The zero-order chi connectivity index (χ0) is 16.1.